The van der Waals surface area contributed by atoms with Crippen LogP contribution >= 0.6 is 0 Å². The first-order chi connectivity index (χ1) is 13.7. The largest absolute Gasteiger partial charge is 0.490 e. The van der Waals surface area contributed by atoms with Crippen LogP contribution in [0.5, 0.6) is 11.5 Å². The molecule has 0 saturated heterocycles. The topological polar surface area (TPSA) is 35.5 Å². The average Bonchev–Trinajstić information content (AvgIpc) is 2.71. The third-order valence-electron chi connectivity index (χ3n) is 4.88. The second kappa shape index (κ2) is 16.2. The molecule has 0 radical (unpaired) electrons. The van der Waals surface area contributed by atoms with E-state index in [-0.39, 0.29) is 6.10 Å². The molecule has 28 heavy (non-hydrogen) atoms. The van der Waals surface area contributed by atoms with Gasteiger partial charge in [-0.3, -0.25) is 4.79 Å². The van der Waals surface area contributed by atoms with Gasteiger partial charge in [0.1, 0.15) is 6.29 Å². The highest BCUT2D eigenvalue weighted by Gasteiger charge is 2.14. The summed E-state index contributed by atoms with van der Waals surface area (Å²) in [5.74, 6) is 1.42. The van der Waals surface area contributed by atoms with Gasteiger partial charge in [0, 0.05) is 5.56 Å². The number of unbranched alkanes of at least 4 members (excludes halogenated alkanes) is 6. The number of hydrogen-bond donors (Lipinski definition) is 0. The van der Waals surface area contributed by atoms with Crippen LogP contribution in [-0.4, -0.2) is 19.0 Å². The second-order valence-electron chi connectivity index (χ2n) is 7.36. The van der Waals surface area contributed by atoms with Crippen molar-refractivity contribution < 1.29 is 14.3 Å². The van der Waals surface area contributed by atoms with E-state index in [4.69, 9.17) is 9.47 Å². The van der Waals surface area contributed by atoms with Crippen LogP contribution < -0.4 is 9.47 Å². The summed E-state index contributed by atoms with van der Waals surface area (Å²) in [7, 11) is 0. The standard InChI is InChI=1S/C25H40O3/c1-4-7-9-11-12-13-15-17-23(16-14-10-8-5-2)28-24-19-18-22(21-26)20-25(24)27-6-3/h8,10,18-21,23H,4-7,9,11-17H2,1-3H3/b10-8-. The minimum atomic E-state index is 0.179. The molecule has 0 aliphatic carbocycles. The number of carbonyl (C=O) groups is 1. The molecule has 0 amide bonds. The van der Waals surface area contributed by atoms with E-state index in [0.29, 0.717) is 17.9 Å². The quantitative estimate of drug-likeness (QED) is 0.157. The summed E-state index contributed by atoms with van der Waals surface area (Å²) in [6, 6.07) is 5.44. The molecule has 0 spiro atoms. The van der Waals surface area contributed by atoms with E-state index in [1.54, 1.807) is 12.1 Å². The van der Waals surface area contributed by atoms with Crippen LogP contribution in [0.2, 0.25) is 0 Å². The fourth-order valence-corrected chi connectivity index (χ4v) is 3.30. The van der Waals surface area contributed by atoms with Crippen LogP contribution in [0, 0.1) is 0 Å². The van der Waals surface area contributed by atoms with E-state index in [9.17, 15) is 4.79 Å². The van der Waals surface area contributed by atoms with Gasteiger partial charge in [-0.1, -0.05) is 64.5 Å². The summed E-state index contributed by atoms with van der Waals surface area (Å²) in [5, 5.41) is 0. The third-order valence-corrected chi connectivity index (χ3v) is 4.88. The van der Waals surface area contributed by atoms with Gasteiger partial charge in [-0.2, -0.15) is 0 Å². The molecule has 0 bridgehead atoms. The lowest BCUT2D eigenvalue weighted by Crippen LogP contribution is -2.17. The average molecular weight is 389 g/mol. The summed E-state index contributed by atoms with van der Waals surface area (Å²) in [6.07, 6.45) is 18.8. The van der Waals surface area contributed by atoms with E-state index in [1.807, 2.05) is 13.0 Å². The summed E-state index contributed by atoms with van der Waals surface area (Å²) in [5.41, 5.74) is 0.616. The van der Waals surface area contributed by atoms with Crippen LogP contribution in [0.3, 0.4) is 0 Å². The Morgan fingerprint density at radius 2 is 1.64 bits per heavy atom. The van der Waals surface area contributed by atoms with E-state index in [1.165, 1.54) is 44.9 Å². The van der Waals surface area contributed by atoms with E-state index >= 15 is 0 Å². The van der Waals surface area contributed by atoms with Crippen molar-refractivity contribution >= 4 is 6.29 Å². The first-order valence-electron chi connectivity index (χ1n) is 11.3. The lowest BCUT2D eigenvalue weighted by atomic mass is 10.0. The predicted molar refractivity (Wildman–Crippen MR) is 119 cm³/mol. The van der Waals surface area contributed by atoms with Crippen molar-refractivity contribution in [2.24, 2.45) is 0 Å². The molecule has 0 saturated carbocycles. The minimum absolute atomic E-state index is 0.179. The number of ether oxygens (including phenoxy) is 2. The molecule has 1 unspecified atom stereocenters. The molecule has 0 fully saturated rings. The summed E-state index contributed by atoms with van der Waals surface area (Å²) >= 11 is 0. The number of rotatable bonds is 17. The van der Waals surface area contributed by atoms with E-state index < -0.39 is 0 Å². The maximum atomic E-state index is 11.1. The molecule has 0 aliphatic heterocycles. The molecule has 3 nitrogen and oxygen atoms in total. The molecule has 3 heteroatoms. The predicted octanol–water partition coefficient (Wildman–Crippen LogP) is 7.53. The highest BCUT2D eigenvalue weighted by atomic mass is 16.5. The van der Waals surface area contributed by atoms with Gasteiger partial charge in [0.15, 0.2) is 11.5 Å². The maximum Gasteiger partial charge on any atom is 0.161 e. The second-order valence-corrected chi connectivity index (χ2v) is 7.36. The fourth-order valence-electron chi connectivity index (χ4n) is 3.30. The molecule has 1 rings (SSSR count). The highest BCUT2D eigenvalue weighted by molar-refractivity contribution is 5.76. The lowest BCUT2D eigenvalue weighted by molar-refractivity contribution is 0.112. The Labute approximate surface area is 172 Å². The Morgan fingerprint density at radius 1 is 0.893 bits per heavy atom. The van der Waals surface area contributed by atoms with E-state index in [0.717, 1.165) is 37.7 Å². The first-order valence-corrected chi connectivity index (χ1v) is 11.3. The molecule has 1 aromatic rings. The van der Waals surface area contributed by atoms with Crippen molar-refractivity contribution in [1.29, 1.82) is 0 Å². The minimum Gasteiger partial charge on any atom is -0.490 e. The Hall–Kier alpha value is -1.77. The Balaban J connectivity index is 2.63. The SMILES string of the molecule is CC/C=C\CCC(CCCCCCCCC)Oc1ccc(C=O)cc1OCC. The molecule has 1 atom stereocenters. The van der Waals surface area contributed by atoms with Gasteiger partial charge in [-0.25, -0.2) is 0 Å². The summed E-state index contributed by atoms with van der Waals surface area (Å²) < 4.78 is 12.1. The Morgan fingerprint density at radius 3 is 2.32 bits per heavy atom. The molecule has 1 aromatic carbocycles. The molecule has 0 aromatic heterocycles. The number of hydrogen-bond acceptors (Lipinski definition) is 3. The third kappa shape index (κ3) is 10.5. The van der Waals surface area contributed by atoms with Crippen LogP contribution in [0.15, 0.2) is 30.4 Å². The van der Waals surface area contributed by atoms with Gasteiger partial charge in [0.25, 0.3) is 0 Å². The summed E-state index contributed by atoms with van der Waals surface area (Å²) in [6.45, 7) is 6.92. The van der Waals surface area contributed by atoms with E-state index in [2.05, 4.69) is 26.0 Å². The molecule has 158 valence electrons. The van der Waals surface area contributed by atoms with Crippen LogP contribution in [0.25, 0.3) is 0 Å². The van der Waals surface area contributed by atoms with Crippen LogP contribution in [-0.2, 0) is 0 Å². The Kier molecular flexibility index (Phi) is 14.0. The number of benzene rings is 1. The van der Waals surface area contributed by atoms with Gasteiger partial charge in [0.2, 0.25) is 0 Å². The zero-order valence-electron chi connectivity index (χ0n) is 18.3. The molecule has 0 aliphatic rings. The van der Waals surface area contributed by atoms with Gasteiger partial charge in [-0.15, -0.1) is 0 Å². The zero-order valence-corrected chi connectivity index (χ0v) is 18.3. The molecule has 0 heterocycles. The van der Waals surface area contributed by atoms with Crippen molar-refractivity contribution in [3.05, 3.63) is 35.9 Å². The normalized spacial score (nSPS) is 12.2. The Bertz CT molecular complexity index is 551. The maximum absolute atomic E-state index is 11.1. The van der Waals surface area contributed by atoms with Crippen molar-refractivity contribution in [1.82, 2.24) is 0 Å². The molecular formula is C25H40O3. The van der Waals surface area contributed by atoms with Crippen LogP contribution in [0.4, 0.5) is 0 Å². The highest BCUT2D eigenvalue weighted by Crippen LogP contribution is 2.30. The van der Waals surface area contributed by atoms with Crippen molar-refractivity contribution in [3.63, 3.8) is 0 Å². The van der Waals surface area contributed by atoms with Crippen LogP contribution in [0.1, 0.15) is 102 Å². The number of carbonyl (C=O) groups excluding carboxylic acids is 1. The zero-order chi connectivity index (χ0) is 20.5. The monoisotopic (exact) mass is 388 g/mol. The van der Waals surface area contributed by atoms with Gasteiger partial charge < -0.3 is 9.47 Å². The smallest absolute Gasteiger partial charge is 0.161 e. The summed E-state index contributed by atoms with van der Waals surface area (Å²) in [4.78, 5) is 11.1. The molecule has 0 N–H and O–H groups in total. The van der Waals surface area contributed by atoms with Crippen molar-refractivity contribution in [2.45, 2.75) is 97.5 Å². The van der Waals surface area contributed by atoms with Gasteiger partial charge in [-0.05, 0) is 57.2 Å². The number of allylic oxidation sites excluding steroid dienone is 2. The lowest BCUT2D eigenvalue weighted by Gasteiger charge is -2.21. The number of aldehydes is 1. The van der Waals surface area contributed by atoms with Crippen molar-refractivity contribution in [2.75, 3.05) is 6.61 Å². The first kappa shape index (κ1) is 24.3. The van der Waals surface area contributed by atoms with Gasteiger partial charge in [0.05, 0.1) is 12.7 Å². The fraction of sp³-hybridized carbons (Fsp3) is 0.640. The van der Waals surface area contributed by atoms with Crippen molar-refractivity contribution in [3.8, 4) is 11.5 Å². The molecular weight excluding hydrogens is 348 g/mol. The van der Waals surface area contributed by atoms with Gasteiger partial charge >= 0.3 is 0 Å².